The van der Waals surface area contributed by atoms with Crippen molar-refractivity contribution in [2.45, 2.75) is 12.8 Å². The topological polar surface area (TPSA) is 58.6 Å². The first-order valence-electron chi connectivity index (χ1n) is 7.01. The average molecular weight is 285 g/mol. The molecule has 21 heavy (non-hydrogen) atoms. The average Bonchev–Trinajstić information content (AvgIpc) is 2.52. The highest BCUT2D eigenvalue weighted by molar-refractivity contribution is 5.87. The Morgan fingerprint density at radius 3 is 2.38 bits per heavy atom. The maximum Gasteiger partial charge on any atom is 0.335 e. The first-order chi connectivity index (χ1) is 10.3. The van der Waals surface area contributed by atoms with Gasteiger partial charge in [-0.25, -0.2) is 4.79 Å². The molecule has 2 N–H and O–H groups in total. The Bertz CT molecular complexity index is 552. The summed E-state index contributed by atoms with van der Waals surface area (Å²) in [5, 5.41) is 12.1. The number of carboxylic acids is 1. The van der Waals surface area contributed by atoms with Crippen LogP contribution in [0.2, 0.25) is 0 Å². The maximum atomic E-state index is 10.7. The van der Waals surface area contributed by atoms with Crippen molar-refractivity contribution in [2.24, 2.45) is 0 Å². The van der Waals surface area contributed by atoms with Gasteiger partial charge in [0.1, 0.15) is 5.75 Å². The zero-order chi connectivity index (χ0) is 14.9. The summed E-state index contributed by atoms with van der Waals surface area (Å²) in [4.78, 5) is 10.7. The molecule has 0 bridgehead atoms. The molecule has 0 saturated carbocycles. The number of unbranched alkanes of at least 4 members (excludes halogenated alkanes) is 1. The summed E-state index contributed by atoms with van der Waals surface area (Å²) in [6.45, 7) is 1.54. The Balaban J connectivity index is 1.60. The SMILES string of the molecule is O=C(O)c1ccc(NCCCCOc2ccccc2)cc1. The maximum absolute atomic E-state index is 10.7. The van der Waals surface area contributed by atoms with E-state index in [2.05, 4.69) is 5.32 Å². The van der Waals surface area contributed by atoms with Crippen molar-refractivity contribution in [2.75, 3.05) is 18.5 Å². The first kappa shape index (κ1) is 14.9. The van der Waals surface area contributed by atoms with Crippen molar-refractivity contribution in [1.29, 1.82) is 0 Å². The summed E-state index contributed by atoms with van der Waals surface area (Å²) < 4.78 is 5.61. The number of carboxylic acid groups (broad SMARTS) is 1. The van der Waals surface area contributed by atoms with E-state index in [1.165, 1.54) is 0 Å². The van der Waals surface area contributed by atoms with Gasteiger partial charge in [-0.05, 0) is 49.2 Å². The Morgan fingerprint density at radius 1 is 1.00 bits per heavy atom. The zero-order valence-corrected chi connectivity index (χ0v) is 11.8. The van der Waals surface area contributed by atoms with Crippen molar-refractivity contribution in [3.63, 3.8) is 0 Å². The highest BCUT2D eigenvalue weighted by Gasteiger charge is 2.01. The molecule has 0 spiro atoms. The number of hydrogen-bond donors (Lipinski definition) is 2. The standard InChI is InChI=1S/C17H19NO3/c19-17(20)14-8-10-15(11-9-14)18-12-4-5-13-21-16-6-2-1-3-7-16/h1-3,6-11,18H,4-5,12-13H2,(H,19,20). The van der Waals surface area contributed by atoms with Gasteiger partial charge in [0.05, 0.1) is 12.2 Å². The summed E-state index contributed by atoms with van der Waals surface area (Å²) in [6.07, 6.45) is 1.96. The second kappa shape index (κ2) is 7.94. The zero-order valence-electron chi connectivity index (χ0n) is 11.8. The van der Waals surface area contributed by atoms with Crippen LogP contribution < -0.4 is 10.1 Å². The van der Waals surface area contributed by atoms with Gasteiger partial charge in [-0.3, -0.25) is 0 Å². The van der Waals surface area contributed by atoms with Gasteiger partial charge in [0.25, 0.3) is 0 Å². The number of benzene rings is 2. The molecule has 0 heterocycles. The van der Waals surface area contributed by atoms with E-state index < -0.39 is 5.97 Å². The van der Waals surface area contributed by atoms with Crippen LogP contribution in [-0.4, -0.2) is 24.2 Å². The minimum atomic E-state index is -0.903. The normalized spacial score (nSPS) is 10.1. The lowest BCUT2D eigenvalue weighted by molar-refractivity contribution is 0.0697. The highest BCUT2D eigenvalue weighted by atomic mass is 16.5. The van der Waals surface area contributed by atoms with E-state index in [1.807, 2.05) is 30.3 Å². The summed E-state index contributed by atoms with van der Waals surface area (Å²) in [5.41, 5.74) is 1.24. The van der Waals surface area contributed by atoms with E-state index in [-0.39, 0.29) is 0 Å². The fourth-order valence-electron chi connectivity index (χ4n) is 1.90. The Morgan fingerprint density at radius 2 is 1.71 bits per heavy atom. The lowest BCUT2D eigenvalue weighted by Gasteiger charge is -2.08. The van der Waals surface area contributed by atoms with Crippen molar-refractivity contribution >= 4 is 11.7 Å². The van der Waals surface area contributed by atoms with Gasteiger partial charge in [0.15, 0.2) is 0 Å². The molecule has 0 aliphatic carbocycles. The van der Waals surface area contributed by atoms with E-state index in [9.17, 15) is 4.79 Å². The molecular formula is C17H19NO3. The van der Waals surface area contributed by atoms with Crippen molar-refractivity contribution in [1.82, 2.24) is 0 Å². The summed E-state index contributed by atoms with van der Waals surface area (Å²) >= 11 is 0. The van der Waals surface area contributed by atoms with Crippen molar-refractivity contribution < 1.29 is 14.6 Å². The summed E-state index contributed by atoms with van der Waals surface area (Å²) in [5.74, 6) is -0.00525. The molecule has 2 aromatic carbocycles. The Kier molecular flexibility index (Phi) is 5.64. The second-order valence-corrected chi connectivity index (χ2v) is 4.68. The fraction of sp³-hybridized carbons (Fsp3) is 0.235. The molecule has 0 amide bonds. The molecule has 2 rings (SSSR count). The van der Waals surface area contributed by atoms with Crippen molar-refractivity contribution in [3.05, 3.63) is 60.2 Å². The Hall–Kier alpha value is -2.49. The van der Waals surface area contributed by atoms with E-state index in [1.54, 1.807) is 24.3 Å². The van der Waals surface area contributed by atoms with Crippen LogP contribution in [0.25, 0.3) is 0 Å². The minimum absolute atomic E-state index is 0.303. The molecule has 0 aliphatic rings. The van der Waals surface area contributed by atoms with E-state index in [0.717, 1.165) is 30.8 Å². The Labute approximate surface area is 124 Å². The van der Waals surface area contributed by atoms with Crippen LogP contribution in [0.5, 0.6) is 5.75 Å². The summed E-state index contributed by atoms with van der Waals surface area (Å²) in [7, 11) is 0. The molecule has 4 heteroatoms. The first-order valence-corrected chi connectivity index (χ1v) is 7.01. The largest absolute Gasteiger partial charge is 0.494 e. The lowest BCUT2D eigenvalue weighted by atomic mass is 10.2. The number of carbonyl (C=O) groups is 1. The van der Waals surface area contributed by atoms with Crippen LogP contribution in [0.4, 0.5) is 5.69 Å². The number of aromatic carboxylic acids is 1. The van der Waals surface area contributed by atoms with Gasteiger partial charge in [0.2, 0.25) is 0 Å². The third kappa shape index (κ3) is 5.18. The molecule has 0 aromatic heterocycles. The van der Waals surface area contributed by atoms with Gasteiger partial charge >= 0.3 is 5.97 Å². The van der Waals surface area contributed by atoms with Crippen LogP contribution in [0, 0.1) is 0 Å². The molecule has 2 aromatic rings. The molecule has 0 saturated heterocycles. The van der Waals surface area contributed by atoms with Crippen LogP contribution in [-0.2, 0) is 0 Å². The quantitative estimate of drug-likeness (QED) is 0.727. The van der Waals surface area contributed by atoms with E-state index in [4.69, 9.17) is 9.84 Å². The predicted octanol–water partition coefficient (Wildman–Crippen LogP) is 3.66. The van der Waals surface area contributed by atoms with Gasteiger partial charge in [0, 0.05) is 12.2 Å². The van der Waals surface area contributed by atoms with Crippen LogP contribution >= 0.6 is 0 Å². The van der Waals surface area contributed by atoms with Gasteiger partial charge in [-0.1, -0.05) is 18.2 Å². The summed E-state index contributed by atoms with van der Waals surface area (Å²) in [6, 6.07) is 16.5. The molecule has 0 unspecified atom stereocenters. The van der Waals surface area contributed by atoms with Gasteiger partial charge in [-0.2, -0.15) is 0 Å². The third-order valence-electron chi connectivity index (χ3n) is 3.04. The number of nitrogens with one attached hydrogen (secondary N) is 1. The molecule has 110 valence electrons. The molecule has 0 radical (unpaired) electrons. The number of ether oxygens (including phenoxy) is 1. The number of para-hydroxylation sites is 1. The van der Waals surface area contributed by atoms with E-state index >= 15 is 0 Å². The molecule has 0 fully saturated rings. The number of rotatable bonds is 8. The second-order valence-electron chi connectivity index (χ2n) is 4.68. The van der Waals surface area contributed by atoms with Gasteiger partial charge in [-0.15, -0.1) is 0 Å². The van der Waals surface area contributed by atoms with Crippen LogP contribution in [0.15, 0.2) is 54.6 Å². The fourth-order valence-corrected chi connectivity index (χ4v) is 1.90. The van der Waals surface area contributed by atoms with Crippen LogP contribution in [0.3, 0.4) is 0 Å². The smallest absolute Gasteiger partial charge is 0.335 e. The number of anilines is 1. The van der Waals surface area contributed by atoms with Gasteiger partial charge < -0.3 is 15.2 Å². The lowest BCUT2D eigenvalue weighted by Crippen LogP contribution is -2.05. The monoisotopic (exact) mass is 285 g/mol. The molecule has 4 nitrogen and oxygen atoms in total. The predicted molar refractivity (Wildman–Crippen MR) is 83.1 cm³/mol. The third-order valence-corrected chi connectivity index (χ3v) is 3.04. The van der Waals surface area contributed by atoms with E-state index in [0.29, 0.717) is 12.2 Å². The van der Waals surface area contributed by atoms with Crippen LogP contribution in [0.1, 0.15) is 23.2 Å². The molecular weight excluding hydrogens is 266 g/mol. The molecule has 0 aliphatic heterocycles. The molecule has 0 atom stereocenters. The van der Waals surface area contributed by atoms with Crippen molar-refractivity contribution in [3.8, 4) is 5.75 Å². The highest BCUT2D eigenvalue weighted by Crippen LogP contribution is 2.11. The minimum Gasteiger partial charge on any atom is -0.494 e. The number of hydrogen-bond acceptors (Lipinski definition) is 3.